The van der Waals surface area contributed by atoms with Crippen LogP contribution < -0.4 is 14.4 Å². The van der Waals surface area contributed by atoms with Crippen molar-refractivity contribution in [2.24, 2.45) is 0 Å². The molecule has 0 aliphatic carbocycles. The summed E-state index contributed by atoms with van der Waals surface area (Å²) in [6.07, 6.45) is 0. The average Bonchev–Trinajstić information content (AvgIpc) is 3.07. The maximum atomic E-state index is 12.9. The molecule has 1 aliphatic heterocycles. The highest BCUT2D eigenvalue weighted by atomic mass is 16.6. The highest BCUT2D eigenvalue weighted by molar-refractivity contribution is 6.34. The monoisotopic (exact) mass is 445 g/mol. The van der Waals surface area contributed by atoms with Crippen LogP contribution in [0.3, 0.4) is 0 Å². The molecule has 0 fully saturated rings. The van der Waals surface area contributed by atoms with Crippen LogP contribution in [-0.4, -0.2) is 37.6 Å². The van der Waals surface area contributed by atoms with Crippen LogP contribution in [0.5, 0.6) is 11.5 Å². The van der Waals surface area contributed by atoms with Gasteiger partial charge < -0.3 is 14.2 Å². The SMILES string of the molecule is CCOc1ccc(OCCOC(=O)c2ccc3c(c2)C(=O)N(c2ccccc2C)C3=O)cc1. The zero-order chi connectivity index (χ0) is 23.4. The molecule has 0 unspecified atom stereocenters. The van der Waals surface area contributed by atoms with Gasteiger partial charge in [0.2, 0.25) is 0 Å². The second-order valence-corrected chi connectivity index (χ2v) is 7.38. The number of fused-ring (bicyclic) bond motifs is 1. The number of carbonyl (C=O) groups is 3. The number of anilines is 1. The van der Waals surface area contributed by atoms with E-state index in [9.17, 15) is 14.4 Å². The third-order valence-corrected chi connectivity index (χ3v) is 5.20. The molecular formula is C26H23NO6. The molecule has 4 rings (SSSR count). The summed E-state index contributed by atoms with van der Waals surface area (Å²) in [5.41, 5.74) is 1.98. The van der Waals surface area contributed by atoms with Crippen LogP contribution in [0.2, 0.25) is 0 Å². The molecule has 0 saturated heterocycles. The first-order valence-corrected chi connectivity index (χ1v) is 10.6. The van der Waals surface area contributed by atoms with Gasteiger partial charge in [0.1, 0.15) is 24.7 Å². The number of benzene rings is 3. The Kier molecular flexibility index (Phi) is 6.40. The minimum Gasteiger partial charge on any atom is -0.494 e. The number of hydrogen-bond acceptors (Lipinski definition) is 6. The predicted molar refractivity (Wildman–Crippen MR) is 122 cm³/mol. The summed E-state index contributed by atoms with van der Waals surface area (Å²) in [7, 11) is 0. The van der Waals surface area contributed by atoms with Crippen LogP contribution in [0.4, 0.5) is 5.69 Å². The highest BCUT2D eigenvalue weighted by Gasteiger charge is 2.37. The molecule has 33 heavy (non-hydrogen) atoms. The van der Waals surface area contributed by atoms with Crippen LogP contribution in [-0.2, 0) is 4.74 Å². The molecule has 0 bridgehead atoms. The minimum atomic E-state index is -0.595. The van der Waals surface area contributed by atoms with Gasteiger partial charge in [0, 0.05) is 0 Å². The van der Waals surface area contributed by atoms with Gasteiger partial charge in [-0.1, -0.05) is 18.2 Å². The van der Waals surface area contributed by atoms with Crippen LogP contribution in [0.1, 0.15) is 43.6 Å². The highest BCUT2D eigenvalue weighted by Crippen LogP contribution is 2.31. The number of imide groups is 1. The zero-order valence-electron chi connectivity index (χ0n) is 18.4. The zero-order valence-corrected chi connectivity index (χ0v) is 18.4. The Balaban J connectivity index is 1.37. The van der Waals surface area contributed by atoms with E-state index in [-0.39, 0.29) is 29.9 Å². The number of para-hydroxylation sites is 1. The Bertz CT molecular complexity index is 1200. The van der Waals surface area contributed by atoms with Gasteiger partial charge in [-0.2, -0.15) is 0 Å². The number of amides is 2. The van der Waals surface area contributed by atoms with E-state index in [0.717, 1.165) is 16.2 Å². The first-order valence-electron chi connectivity index (χ1n) is 10.6. The van der Waals surface area contributed by atoms with E-state index in [0.29, 0.717) is 18.0 Å². The van der Waals surface area contributed by atoms with E-state index in [1.54, 1.807) is 36.4 Å². The topological polar surface area (TPSA) is 82.1 Å². The van der Waals surface area contributed by atoms with Gasteiger partial charge in [-0.3, -0.25) is 9.59 Å². The van der Waals surface area contributed by atoms with E-state index >= 15 is 0 Å². The lowest BCUT2D eigenvalue weighted by molar-refractivity contribution is 0.0450. The second-order valence-electron chi connectivity index (χ2n) is 7.38. The lowest BCUT2D eigenvalue weighted by Gasteiger charge is -2.16. The summed E-state index contributed by atoms with van der Waals surface area (Å²) in [6, 6.07) is 18.7. The fraction of sp³-hybridized carbons (Fsp3) is 0.192. The number of esters is 1. The van der Waals surface area contributed by atoms with E-state index in [1.807, 2.05) is 26.0 Å². The molecule has 7 heteroatoms. The molecule has 1 aliphatic rings. The molecule has 0 N–H and O–H groups in total. The fourth-order valence-electron chi connectivity index (χ4n) is 3.58. The van der Waals surface area contributed by atoms with E-state index in [1.165, 1.54) is 18.2 Å². The molecule has 2 amide bonds. The molecule has 0 spiro atoms. The van der Waals surface area contributed by atoms with Gasteiger partial charge in [0.15, 0.2) is 0 Å². The quantitative estimate of drug-likeness (QED) is 0.290. The Hall–Kier alpha value is -4.13. The maximum absolute atomic E-state index is 12.9. The molecular weight excluding hydrogens is 422 g/mol. The van der Waals surface area contributed by atoms with Gasteiger partial charge in [-0.15, -0.1) is 0 Å². The van der Waals surface area contributed by atoms with Gasteiger partial charge in [-0.25, -0.2) is 9.69 Å². The lowest BCUT2D eigenvalue weighted by atomic mass is 10.1. The van der Waals surface area contributed by atoms with Crippen molar-refractivity contribution in [3.05, 3.63) is 89.0 Å². The summed E-state index contributed by atoms with van der Waals surface area (Å²) >= 11 is 0. The van der Waals surface area contributed by atoms with E-state index < -0.39 is 17.8 Å². The molecule has 1 heterocycles. The standard InChI is InChI=1S/C26H23NO6/c1-3-31-19-9-11-20(12-10-19)32-14-15-33-26(30)18-8-13-21-22(16-18)25(29)27(24(21)28)23-7-5-4-6-17(23)2/h4-13,16H,3,14-15H2,1-2H3. The predicted octanol–water partition coefficient (Wildman–Crippen LogP) is 4.43. The summed E-state index contributed by atoms with van der Waals surface area (Å²) in [6.45, 7) is 4.53. The number of carbonyl (C=O) groups excluding carboxylic acids is 3. The molecule has 0 aromatic heterocycles. The van der Waals surface area contributed by atoms with Crippen LogP contribution >= 0.6 is 0 Å². The minimum absolute atomic E-state index is 0.0331. The van der Waals surface area contributed by atoms with Crippen molar-refractivity contribution in [3.63, 3.8) is 0 Å². The Morgan fingerprint density at radius 2 is 1.48 bits per heavy atom. The Labute approximate surface area is 191 Å². The number of ether oxygens (including phenoxy) is 3. The molecule has 3 aromatic carbocycles. The van der Waals surface area contributed by atoms with Gasteiger partial charge in [-0.05, 0) is 67.9 Å². The average molecular weight is 445 g/mol. The van der Waals surface area contributed by atoms with Crippen molar-refractivity contribution < 1.29 is 28.6 Å². The number of aryl methyl sites for hydroxylation is 1. The van der Waals surface area contributed by atoms with Gasteiger partial charge >= 0.3 is 5.97 Å². The third kappa shape index (κ3) is 4.57. The Morgan fingerprint density at radius 1 is 0.818 bits per heavy atom. The number of hydrogen-bond donors (Lipinski definition) is 0. The molecule has 0 saturated carbocycles. The molecule has 0 atom stereocenters. The third-order valence-electron chi connectivity index (χ3n) is 5.20. The normalized spacial score (nSPS) is 12.5. The Morgan fingerprint density at radius 3 is 2.18 bits per heavy atom. The number of rotatable bonds is 8. The molecule has 7 nitrogen and oxygen atoms in total. The van der Waals surface area contributed by atoms with Crippen molar-refractivity contribution >= 4 is 23.5 Å². The summed E-state index contributed by atoms with van der Waals surface area (Å²) < 4.78 is 16.2. The molecule has 3 aromatic rings. The first-order chi connectivity index (χ1) is 16.0. The summed E-state index contributed by atoms with van der Waals surface area (Å²) in [4.78, 5) is 39.4. The van der Waals surface area contributed by atoms with Gasteiger partial charge in [0.25, 0.3) is 11.8 Å². The maximum Gasteiger partial charge on any atom is 0.338 e. The van der Waals surface area contributed by atoms with Crippen molar-refractivity contribution in [2.45, 2.75) is 13.8 Å². The molecule has 0 radical (unpaired) electrons. The van der Waals surface area contributed by atoms with Crippen LogP contribution in [0.15, 0.2) is 66.7 Å². The van der Waals surface area contributed by atoms with Crippen LogP contribution in [0.25, 0.3) is 0 Å². The van der Waals surface area contributed by atoms with E-state index in [4.69, 9.17) is 14.2 Å². The first kappa shape index (κ1) is 22.1. The largest absolute Gasteiger partial charge is 0.494 e. The summed E-state index contributed by atoms with van der Waals surface area (Å²) in [5, 5.41) is 0. The number of nitrogens with zero attached hydrogens (tertiary/aromatic N) is 1. The van der Waals surface area contributed by atoms with Crippen molar-refractivity contribution in [2.75, 3.05) is 24.7 Å². The van der Waals surface area contributed by atoms with Gasteiger partial charge in [0.05, 0.1) is 29.0 Å². The van der Waals surface area contributed by atoms with Crippen molar-refractivity contribution in [3.8, 4) is 11.5 Å². The second kappa shape index (κ2) is 9.56. The van der Waals surface area contributed by atoms with E-state index in [2.05, 4.69) is 0 Å². The fourth-order valence-corrected chi connectivity index (χ4v) is 3.58. The van der Waals surface area contributed by atoms with Crippen LogP contribution in [0, 0.1) is 6.92 Å². The van der Waals surface area contributed by atoms with Crippen molar-refractivity contribution in [1.29, 1.82) is 0 Å². The lowest BCUT2D eigenvalue weighted by Crippen LogP contribution is -2.29. The smallest absolute Gasteiger partial charge is 0.338 e. The summed E-state index contributed by atoms with van der Waals surface area (Å²) in [5.74, 6) is -0.0808. The van der Waals surface area contributed by atoms with Crippen molar-refractivity contribution in [1.82, 2.24) is 0 Å². The molecule has 168 valence electrons.